The van der Waals surface area contributed by atoms with Gasteiger partial charge in [0.05, 0.1) is 6.10 Å². The molecular weight excluding hydrogens is 296 g/mol. The first kappa shape index (κ1) is 13.6. The molecule has 1 amide bonds. The normalized spacial score (nSPS) is 23.3. The summed E-state index contributed by atoms with van der Waals surface area (Å²) in [5, 5.41) is 12.6. The number of amides is 1. The van der Waals surface area contributed by atoms with Gasteiger partial charge in [0, 0.05) is 29.7 Å². The highest BCUT2D eigenvalue weighted by Gasteiger charge is 2.25. The number of aliphatic hydroxyl groups excluding tert-OH is 1. The average molecular weight is 315 g/mol. The van der Waals surface area contributed by atoms with Gasteiger partial charge in [0.15, 0.2) is 0 Å². The molecule has 0 aromatic carbocycles. The van der Waals surface area contributed by atoms with E-state index in [1.807, 2.05) is 23.8 Å². The quantitative estimate of drug-likeness (QED) is 0.895. The number of carbonyl (C=O) groups excluding carboxylic acids is 1. The minimum absolute atomic E-state index is 0.0679. The van der Waals surface area contributed by atoms with Crippen LogP contribution in [-0.2, 0) is 6.54 Å². The van der Waals surface area contributed by atoms with Crippen molar-refractivity contribution in [2.45, 2.75) is 38.8 Å². The van der Waals surface area contributed by atoms with Crippen molar-refractivity contribution in [1.29, 1.82) is 0 Å². The second kappa shape index (κ2) is 5.89. The van der Waals surface area contributed by atoms with Crippen molar-refractivity contribution in [1.82, 2.24) is 9.88 Å². The molecule has 1 aliphatic carbocycles. The fourth-order valence-electron chi connectivity index (χ4n) is 2.50. The van der Waals surface area contributed by atoms with E-state index in [4.69, 9.17) is 0 Å². The summed E-state index contributed by atoms with van der Waals surface area (Å²) in [7, 11) is 0. The largest absolute Gasteiger partial charge is 0.393 e. The van der Waals surface area contributed by atoms with Gasteiger partial charge in [-0.05, 0) is 41.8 Å². The Morgan fingerprint density at radius 3 is 3.00 bits per heavy atom. The molecule has 1 fully saturated rings. The Bertz CT molecular complexity index is 431. The molecule has 0 saturated heterocycles. The highest BCUT2D eigenvalue weighted by Crippen LogP contribution is 2.24. The molecule has 0 aliphatic heterocycles. The molecule has 1 heterocycles. The van der Waals surface area contributed by atoms with E-state index in [-0.39, 0.29) is 17.9 Å². The number of halogens is 1. The van der Waals surface area contributed by atoms with Crippen LogP contribution in [0.15, 0.2) is 16.7 Å². The molecule has 0 bridgehead atoms. The van der Waals surface area contributed by atoms with Crippen molar-refractivity contribution in [2.75, 3.05) is 6.54 Å². The molecule has 2 unspecified atom stereocenters. The number of carbonyl (C=O) groups is 1. The van der Waals surface area contributed by atoms with E-state index >= 15 is 0 Å². The zero-order valence-corrected chi connectivity index (χ0v) is 12.1. The van der Waals surface area contributed by atoms with Gasteiger partial charge in [0.25, 0.3) is 5.91 Å². The summed E-state index contributed by atoms with van der Waals surface area (Å²) in [5.74, 6) is 0.143. The van der Waals surface area contributed by atoms with E-state index in [2.05, 4.69) is 21.2 Å². The first-order valence-electron chi connectivity index (χ1n) is 6.43. The second-order valence-corrected chi connectivity index (χ2v) is 5.71. The Morgan fingerprint density at radius 2 is 2.39 bits per heavy atom. The van der Waals surface area contributed by atoms with E-state index in [0.29, 0.717) is 12.2 Å². The van der Waals surface area contributed by atoms with Gasteiger partial charge in [0.2, 0.25) is 0 Å². The summed E-state index contributed by atoms with van der Waals surface area (Å²) in [6.45, 7) is 3.33. The van der Waals surface area contributed by atoms with Gasteiger partial charge in [-0.15, -0.1) is 0 Å². The van der Waals surface area contributed by atoms with Crippen molar-refractivity contribution < 1.29 is 9.90 Å². The zero-order valence-electron chi connectivity index (χ0n) is 10.5. The highest BCUT2D eigenvalue weighted by atomic mass is 79.9. The maximum absolute atomic E-state index is 12.1. The van der Waals surface area contributed by atoms with Crippen molar-refractivity contribution >= 4 is 21.8 Å². The maximum atomic E-state index is 12.1. The van der Waals surface area contributed by atoms with Crippen LogP contribution >= 0.6 is 15.9 Å². The van der Waals surface area contributed by atoms with Crippen LogP contribution in [0.1, 0.15) is 36.7 Å². The number of nitrogens with one attached hydrogen (secondary N) is 1. The van der Waals surface area contributed by atoms with E-state index in [0.717, 1.165) is 30.3 Å². The van der Waals surface area contributed by atoms with Crippen LogP contribution < -0.4 is 5.32 Å². The Balaban J connectivity index is 1.94. The third-order valence-corrected chi connectivity index (χ3v) is 4.01. The van der Waals surface area contributed by atoms with Crippen LogP contribution in [0.3, 0.4) is 0 Å². The third kappa shape index (κ3) is 2.95. The molecule has 1 aromatic heterocycles. The van der Waals surface area contributed by atoms with Crippen LogP contribution in [-0.4, -0.2) is 28.2 Å². The lowest BCUT2D eigenvalue weighted by atomic mass is 10.1. The number of rotatable bonds is 4. The Kier molecular flexibility index (Phi) is 4.45. The van der Waals surface area contributed by atoms with E-state index in [1.54, 1.807) is 0 Å². The van der Waals surface area contributed by atoms with Gasteiger partial charge >= 0.3 is 0 Å². The smallest absolute Gasteiger partial charge is 0.267 e. The number of aromatic nitrogens is 1. The number of hydrogen-bond acceptors (Lipinski definition) is 2. The highest BCUT2D eigenvalue weighted by molar-refractivity contribution is 9.10. The molecule has 5 heteroatoms. The fraction of sp³-hybridized carbons (Fsp3) is 0.615. The topological polar surface area (TPSA) is 54.3 Å². The first-order valence-corrected chi connectivity index (χ1v) is 7.23. The lowest BCUT2D eigenvalue weighted by molar-refractivity contribution is 0.0908. The molecule has 100 valence electrons. The Labute approximate surface area is 116 Å². The third-order valence-electron chi connectivity index (χ3n) is 3.58. The summed E-state index contributed by atoms with van der Waals surface area (Å²) in [6, 6.07) is 1.82. The Morgan fingerprint density at radius 1 is 1.61 bits per heavy atom. The Hall–Kier alpha value is -0.810. The number of nitrogens with zero attached hydrogens (tertiary/aromatic N) is 1. The molecule has 2 atom stereocenters. The molecular formula is C13H19BrN2O2. The van der Waals surface area contributed by atoms with Crippen LogP contribution in [0.25, 0.3) is 0 Å². The van der Waals surface area contributed by atoms with Crippen LogP contribution in [0.2, 0.25) is 0 Å². The number of aliphatic hydroxyl groups is 1. The van der Waals surface area contributed by atoms with Gasteiger partial charge < -0.3 is 15.0 Å². The van der Waals surface area contributed by atoms with Gasteiger partial charge in [-0.1, -0.05) is 6.42 Å². The average Bonchev–Trinajstić information content (AvgIpc) is 2.92. The molecule has 0 spiro atoms. The summed E-state index contributed by atoms with van der Waals surface area (Å²) in [4.78, 5) is 12.1. The predicted octanol–water partition coefficient (Wildman–Crippen LogP) is 2.16. The standard InChI is InChI=1S/C13H19BrN2O2/c1-2-16-8-10(14)6-11(16)13(18)15-7-9-4-3-5-12(9)17/h6,8-9,12,17H,2-5,7H2,1H3,(H,15,18). The monoisotopic (exact) mass is 314 g/mol. The lowest BCUT2D eigenvalue weighted by Gasteiger charge is -2.15. The zero-order chi connectivity index (χ0) is 13.1. The molecule has 18 heavy (non-hydrogen) atoms. The van der Waals surface area contributed by atoms with Crippen LogP contribution in [0, 0.1) is 5.92 Å². The molecule has 2 N–H and O–H groups in total. The van der Waals surface area contributed by atoms with Crippen molar-refractivity contribution in [2.24, 2.45) is 5.92 Å². The first-order chi connectivity index (χ1) is 8.61. The maximum Gasteiger partial charge on any atom is 0.267 e. The second-order valence-electron chi connectivity index (χ2n) is 4.80. The molecule has 1 aliphatic rings. The van der Waals surface area contributed by atoms with Crippen molar-refractivity contribution in [3.63, 3.8) is 0 Å². The van der Waals surface area contributed by atoms with Gasteiger partial charge in [0.1, 0.15) is 5.69 Å². The SMILES string of the molecule is CCn1cc(Br)cc1C(=O)NCC1CCCC1O. The molecule has 1 aromatic rings. The van der Waals surface area contributed by atoms with Gasteiger partial charge in [-0.25, -0.2) is 0 Å². The molecule has 4 nitrogen and oxygen atoms in total. The lowest BCUT2D eigenvalue weighted by Crippen LogP contribution is -2.33. The van der Waals surface area contributed by atoms with Gasteiger partial charge in [-0.2, -0.15) is 0 Å². The summed E-state index contributed by atoms with van der Waals surface area (Å²) < 4.78 is 2.82. The fourth-order valence-corrected chi connectivity index (χ4v) is 2.96. The van der Waals surface area contributed by atoms with Crippen molar-refractivity contribution in [3.05, 3.63) is 22.4 Å². The van der Waals surface area contributed by atoms with Crippen LogP contribution in [0.5, 0.6) is 0 Å². The summed E-state index contributed by atoms with van der Waals surface area (Å²) in [6.07, 6.45) is 4.56. The van der Waals surface area contributed by atoms with E-state index in [1.165, 1.54) is 0 Å². The van der Waals surface area contributed by atoms with Crippen LogP contribution in [0.4, 0.5) is 0 Å². The minimum Gasteiger partial charge on any atom is -0.393 e. The van der Waals surface area contributed by atoms with E-state index in [9.17, 15) is 9.90 Å². The predicted molar refractivity (Wildman–Crippen MR) is 73.5 cm³/mol. The minimum atomic E-state index is -0.255. The number of aryl methyl sites for hydroxylation is 1. The molecule has 0 radical (unpaired) electrons. The van der Waals surface area contributed by atoms with Crippen molar-refractivity contribution in [3.8, 4) is 0 Å². The summed E-state index contributed by atoms with van der Waals surface area (Å²) in [5.41, 5.74) is 0.664. The molecule has 1 saturated carbocycles. The number of hydrogen-bond donors (Lipinski definition) is 2. The van der Waals surface area contributed by atoms with Gasteiger partial charge in [-0.3, -0.25) is 4.79 Å². The molecule has 2 rings (SSSR count). The summed E-state index contributed by atoms with van der Waals surface area (Å²) >= 11 is 3.38. The van der Waals surface area contributed by atoms with E-state index < -0.39 is 0 Å².